The first-order valence-corrected chi connectivity index (χ1v) is 20.4. The summed E-state index contributed by atoms with van der Waals surface area (Å²) < 4.78 is 31.0. The molecule has 2 amide bonds. The summed E-state index contributed by atoms with van der Waals surface area (Å²) in [6.07, 6.45) is 17.7. The largest absolute Gasteiger partial charge is 0.472 e. The van der Waals surface area contributed by atoms with Gasteiger partial charge in [0.25, 0.3) is 0 Å². The van der Waals surface area contributed by atoms with Gasteiger partial charge in [0.05, 0.1) is 38.5 Å². The van der Waals surface area contributed by atoms with Crippen LogP contribution in [0.3, 0.4) is 0 Å². The number of thioether (sulfide) groups is 1. The number of unbranched alkanes of at least 4 members (excludes halogenated alkanes) is 11. The number of aliphatic hydroxyl groups excluding tert-OH is 3. The molecule has 2 aliphatic rings. The number of ether oxygens (including phenoxy) is 2. The fourth-order valence-electron chi connectivity index (χ4n) is 5.47. The molecule has 0 aromatic carbocycles. The van der Waals surface area contributed by atoms with Crippen LogP contribution >= 0.6 is 19.6 Å². The summed E-state index contributed by atoms with van der Waals surface area (Å²) in [5, 5.41) is 34.0. The first kappa shape index (κ1) is 43.5. The number of esters is 2. The molecular weight excluding hydrogens is 679 g/mol. The molecule has 0 aromatic rings. The SMILES string of the molecule is O=C1N[C@H]2[C@H](CS[C@H]2CCCCC(=O)OCCCCCCC/C=C\CCCCCCCC(=O)OC[C@@H](O)COP(=O)(O)OCC(O)CO)N1. The number of fused-ring (bicyclic) bond motifs is 1. The second kappa shape index (κ2) is 26.1. The Morgan fingerprint density at radius 2 is 1.37 bits per heavy atom. The van der Waals surface area contributed by atoms with Crippen LogP contribution in [0.15, 0.2) is 12.2 Å². The van der Waals surface area contributed by atoms with Crippen molar-refractivity contribution in [3.8, 4) is 0 Å². The molecule has 6 atom stereocenters. The highest BCUT2D eigenvalue weighted by atomic mass is 32.2. The van der Waals surface area contributed by atoms with Gasteiger partial charge >= 0.3 is 25.8 Å². The summed E-state index contributed by atoms with van der Waals surface area (Å²) in [7, 11) is -4.51. The molecule has 2 aliphatic heterocycles. The van der Waals surface area contributed by atoms with Crippen LogP contribution in [0.2, 0.25) is 0 Å². The summed E-state index contributed by atoms with van der Waals surface area (Å²) in [6.45, 7) is -1.73. The van der Waals surface area contributed by atoms with Crippen LogP contribution in [-0.2, 0) is 32.7 Å². The number of urea groups is 1. The van der Waals surface area contributed by atoms with Crippen LogP contribution in [0.25, 0.3) is 0 Å². The van der Waals surface area contributed by atoms with Gasteiger partial charge in [-0.25, -0.2) is 9.36 Å². The summed E-state index contributed by atoms with van der Waals surface area (Å²) in [5.41, 5.74) is 0. The first-order chi connectivity index (χ1) is 23.6. The molecule has 2 unspecified atom stereocenters. The maximum absolute atomic E-state index is 12.0. The number of hydrogen-bond acceptors (Lipinski definition) is 12. The van der Waals surface area contributed by atoms with Gasteiger partial charge in [0.15, 0.2) is 0 Å². The fourth-order valence-corrected chi connectivity index (χ4v) is 7.81. The van der Waals surface area contributed by atoms with Gasteiger partial charge in [-0.3, -0.25) is 18.6 Å². The van der Waals surface area contributed by atoms with E-state index in [9.17, 15) is 28.9 Å². The van der Waals surface area contributed by atoms with Crippen molar-refractivity contribution in [3.05, 3.63) is 12.2 Å². The Bertz CT molecular complexity index is 1020. The molecule has 2 saturated heterocycles. The molecule has 284 valence electrons. The molecule has 2 heterocycles. The molecule has 2 rings (SSSR count). The lowest BCUT2D eigenvalue weighted by atomic mass is 10.0. The standard InChI is InChI=1S/C33H59N2O12PS/c36-21-26(37)23-46-48(42,43)47-24-27(38)22-45-31(40)18-13-11-9-7-5-3-1-2-4-6-8-10-12-16-20-44-30(39)19-15-14-17-29-32-28(25-49-29)34-33(41)35-32/h1-2,26-29,32,36-38H,3-25H2,(H,42,43)(H2,34,35,41)/b2-1-/t26?,27-,28+,29+,32+/m1/s1. The molecular formula is C33H59N2O12PS. The second-order valence-corrected chi connectivity index (χ2v) is 15.4. The average Bonchev–Trinajstić information content (AvgIpc) is 3.64. The number of amides is 2. The van der Waals surface area contributed by atoms with Gasteiger partial charge in [-0.1, -0.05) is 57.1 Å². The summed E-state index contributed by atoms with van der Waals surface area (Å²) >= 11 is 1.90. The van der Waals surface area contributed by atoms with Gasteiger partial charge in [-0.05, 0) is 51.4 Å². The number of allylic oxidation sites excluding steroid dienone is 2. The Morgan fingerprint density at radius 3 is 2.04 bits per heavy atom. The molecule has 0 aliphatic carbocycles. The van der Waals surface area contributed by atoms with E-state index in [2.05, 4.69) is 31.8 Å². The predicted octanol–water partition coefficient (Wildman–Crippen LogP) is 4.27. The minimum atomic E-state index is -4.51. The molecule has 0 spiro atoms. The number of hydrogen-bond donors (Lipinski definition) is 6. The lowest BCUT2D eigenvalue weighted by molar-refractivity contribution is -0.147. The Labute approximate surface area is 295 Å². The van der Waals surface area contributed by atoms with E-state index in [1.807, 2.05) is 11.8 Å². The second-order valence-electron chi connectivity index (χ2n) is 12.7. The van der Waals surface area contributed by atoms with Crippen molar-refractivity contribution in [3.63, 3.8) is 0 Å². The van der Waals surface area contributed by atoms with Crippen LogP contribution in [0.4, 0.5) is 4.79 Å². The number of carbonyl (C=O) groups excluding carboxylic acids is 3. The van der Waals surface area contributed by atoms with E-state index >= 15 is 0 Å². The molecule has 14 nitrogen and oxygen atoms in total. The van der Waals surface area contributed by atoms with E-state index in [1.165, 1.54) is 6.42 Å². The van der Waals surface area contributed by atoms with Crippen molar-refractivity contribution in [2.24, 2.45) is 0 Å². The number of carbonyl (C=O) groups is 3. The van der Waals surface area contributed by atoms with E-state index in [0.717, 1.165) is 89.2 Å². The Morgan fingerprint density at radius 1 is 0.796 bits per heavy atom. The maximum atomic E-state index is 12.0. The highest BCUT2D eigenvalue weighted by Crippen LogP contribution is 2.43. The zero-order valence-electron chi connectivity index (χ0n) is 28.7. The topological polar surface area (TPSA) is 210 Å². The molecule has 0 aromatic heterocycles. The Kier molecular flexibility index (Phi) is 23.2. The Hall–Kier alpha value is -1.71. The minimum absolute atomic E-state index is 0.0619. The molecule has 0 bridgehead atoms. The third-order valence-electron chi connectivity index (χ3n) is 8.26. The minimum Gasteiger partial charge on any atom is -0.466 e. The van der Waals surface area contributed by atoms with Gasteiger partial charge in [-0.2, -0.15) is 11.8 Å². The number of nitrogens with one attached hydrogen (secondary N) is 2. The van der Waals surface area contributed by atoms with Crippen LogP contribution in [0.5, 0.6) is 0 Å². The zero-order chi connectivity index (χ0) is 35.7. The smallest absolute Gasteiger partial charge is 0.466 e. The monoisotopic (exact) mass is 738 g/mol. The molecule has 16 heteroatoms. The van der Waals surface area contributed by atoms with Gasteiger partial charge < -0.3 is 40.3 Å². The average molecular weight is 739 g/mol. The van der Waals surface area contributed by atoms with Crippen LogP contribution in [0.1, 0.15) is 109 Å². The maximum Gasteiger partial charge on any atom is 0.472 e. The van der Waals surface area contributed by atoms with E-state index in [-0.39, 0.29) is 37.1 Å². The van der Waals surface area contributed by atoms with Crippen molar-refractivity contribution in [1.82, 2.24) is 10.6 Å². The number of phosphoric acid groups is 1. The molecule has 0 radical (unpaired) electrons. The molecule has 49 heavy (non-hydrogen) atoms. The molecule has 0 saturated carbocycles. The van der Waals surface area contributed by atoms with E-state index in [4.69, 9.17) is 19.7 Å². The summed E-state index contributed by atoms with van der Waals surface area (Å²) in [4.78, 5) is 44.7. The number of phosphoric ester groups is 1. The normalized spacial score (nSPS) is 21.1. The van der Waals surface area contributed by atoms with Crippen molar-refractivity contribution in [2.45, 2.75) is 139 Å². The lowest BCUT2D eigenvalue weighted by Gasteiger charge is -2.16. The van der Waals surface area contributed by atoms with Crippen LogP contribution < -0.4 is 10.6 Å². The third kappa shape index (κ3) is 21.3. The predicted molar refractivity (Wildman–Crippen MR) is 186 cm³/mol. The summed E-state index contributed by atoms with van der Waals surface area (Å²) in [5.74, 6) is 0.387. The van der Waals surface area contributed by atoms with Gasteiger partial charge in [0.2, 0.25) is 0 Å². The number of rotatable bonds is 30. The van der Waals surface area contributed by atoms with Gasteiger partial charge in [0, 0.05) is 23.8 Å². The quantitative estimate of drug-likeness (QED) is 0.0200. The number of aliphatic hydroxyl groups is 3. The fraction of sp³-hybridized carbons (Fsp3) is 0.848. The van der Waals surface area contributed by atoms with Crippen molar-refractivity contribution in [2.75, 3.05) is 38.8 Å². The van der Waals surface area contributed by atoms with E-state index < -0.39 is 45.8 Å². The molecule has 2 fully saturated rings. The van der Waals surface area contributed by atoms with Crippen molar-refractivity contribution in [1.29, 1.82) is 0 Å². The summed E-state index contributed by atoms with van der Waals surface area (Å²) in [6, 6.07) is 0.404. The first-order valence-electron chi connectivity index (χ1n) is 17.8. The van der Waals surface area contributed by atoms with Crippen molar-refractivity contribution >= 4 is 37.6 Å². The van der Waals surface area contributed by atoms with Crippen molar-refractivity contribution < 1.29 is 57.7 Å². The highest BCUT2D eigenvalue weighted by Gasteiger charge is 2.42. The zero-order valence-corrected chi connectivity index (χ0v) is 30.4. The van der Waals surface area contributed by atoms with Crippen LogP contribution in [-0.4, -0.2) is 107 Å². The van der Waals surface area contributed by atoms with Crippen LogP contribution in [0, 0.1) is 0 Å². The van der Waals surface area contributed by atoms with Gasteiger partial charge in [0.1, 0.15) is 18.8 Å². The molecule has 6 N–H and O–H groups in total. The highest BCUT2D eigenvalue weighted by molar-refractivity contribution is 8.00. The van der Waals surface area contributed by atoms with E-state index in [0.29, 0.717) is 24.7 Å². The lowest BCUT2D eigenvalue weighted by Crippen LogP contribution is -2.36. The third-order valence-corrected chi connectivity index (χ3v) is 10.7. The van der Waals surface area contributed by atoms with Gasteiger partial charge in [-0.15, -0.1) is 0 Å². The Balaban J connectivity index is 1.28. The van der Waals surface area contributed by atoms with E-state index in [1.54, 1.807) is 0 Å².